The van der Waals surface area contributed by atoms with Gasteiger partial charge in [-0.2, -0.15) is 0 Å². The van der Waals surface area contributed by atoms with Crippen LogP contribution in [-0.4, -0.2) is 81.2 Å². The van der Waals surface area contributed by atoms with Gasteiger partial charge in [0.15, 0.2) is 0 Å². The molecule has 0 radical (unpaired) electrons. The smallest absolute Gasteiger partial charge is 0.258 e. The molecule has 0 aliphatic heterocycles. The van der Waals surface area contributed by atoms with E-state index in [9.17, 15) is 9.59 Å². The number of benzene rings is 3. The average molecular weight is 543 g/mol. The van der Waals surface area contributed by atoms with Gasteiger partial charge in [0, 0.05) is 63.6 Å². The van der Waals surface area contributed by atoms with Crippen molar-refractivity contribution in [2.24, 2.45) is 0 Å². The Labute approximate surface area is 236 Å². The lowest BCUT2D eigenvalue weighted by molar-refractivity contribution is -0.132. The minimum Gasteiger partial charge on any atom is -0.496 e. The number of fused-ring (bicyclic) bond motifs is 1. The maximum absolute atomic E-state index is 13.9. The first kappa shape index (κ1) is 28.7. The molecule has 1 aromatic heterocycles. The lowest BCUT2D eigenvalue weighted by atomic mass is 10.1. The van der Waals surface area contributed by atoms with Crippen LogP contribution in [0.1, 0.15) is 21.5 Å². The number of hydrogen-bond acceptors (Lipinski definition) is 5. The van der Waals surface area contributed by atoms with Crippen molar-refractivity contribution in [3.63, 3.8) is 0 Å². The molecule has 8 heteroatoms. The number of methoxy groups -OCH3 is 2. The van der Waals surface area contributed by atoms with Crippen LogP contribution in [0.4, 0.5) is 5.69 Å². The Kier molecular flexibility index (Phi) is 9.81. The number of anilines is 1. The van der Waals surface area contributed by atoms with Crippen molar-refractivity contribution in [2.75, 3.05) is 59.5 Å². The fourth-order valence-corrected chi connectivity index (χ4v) is 4.71. The largest absolute Gasteiger partial charge is 0.496 e. The van der Waals surface area contributed by atoms with Crippen LogP contribution >= 0.6 is 0 Å². The van der Waals surface area contributed by atoms with E-state index in [1.807, 2.05) is 78.6 Å². The fourth-order valence-electron chi connectivity index (χ4n) is 4.71. The summed E-state index contributed by atoms with van der Waals surface area (Å²) < 4.78 is 10.7. The molecule has 0 atom stereocenters. The van der Waals surface area contributed by atoms with Crippen LogP contribution < -0.4 is 9.64 Å². The van der Waals surface area contributed by atoms with Gasteiger partial charge in [0.2, 0.25) is 5.91 Å². The van der Waals surface area contributed by atoms with Crippen LogP contribution in [0.25, 0.3) is 10.9 Å². The zero-order valence-corrected chi connectivity index (χ0v) is 23.7. The van der Waals surface area contributed by atoms with Gasteiger partial charge in [-0.1, -0.05) is 42.5 Å². The van der Waals surface area contributed by atoms with E-state index in [0.717, 1.165) is 27.7 Å². The Morgan fingerprint density at radius 1 is 0.850 bits per heavy atom. The molecule has 40 heavy (non-hydrogen) atoms. The Morgan fingerprint density at radius 2 is 1.57 bits per heavy atom. The first-order chi connectivity index (χ1) is 19.4. The molecule has 4 aromatic rings. The van der Waals surface area contributed by atoms with Gasteiger partial charge in [0.25, 0.3) is 5.91 Å². The SMILES string of the molecule is COCCN(CC(=O)N(CCc1c[nH]c2ccccc12)Cc1ccc(N(C)C)cc1)C(=O)c1ccccc1OC. The van der Waals surface area contributed by atoms with Crippen molar-refractivity contribution in [3.8, 4) is 5.75 Å². The number of rotatable bonds is 13. The van der Waals surface area contributed by atoms with Crippen LogP contribution in [0.15, 0.2) is 79.0 Å². The summed E-state index contributed by atoms with van der Waals surface area (Å²) in [5, 5.41) is 1.15. The predicted octanol–water partition coefficient (Wildman–Crippen LogP) is 4.60. The molecule has 2 amide bonds. The van der Waals surface area contributed by atoms with Crippen LogP contribution in [0.2, 0.25) is 0 Å². The number of hydrogen-bond donors (Lipinski definition) is 1. The third-order valence-electron chi connectivity index (χ3n) is 7.02. The maximum atomic E-state index is 13.9. The Balaban J connectivity index is 1.57. The molecule has 0 saturated carbocycles. The highest BCUT2D eigenvalue weighted by Crippen LogP contribution is 2.21. The van der Waals surface area contributed by atoms with Crippen molar-refractivity contribution >= 4 is 28.4 Å². The van der Waals surface area contributed by atoms with Crippen LogP contribution in [0, 0.1) is 0 Å². The number of aromatic nitrogens is 1. The zero-order chi connectivity index (χ0) is 28.5. The van der Waals surface area contributed by atoms with Crippen LogP contribution in [-0.2, 0) is 22.5 Å². The van der Waals surface area contributed by atoms with Gasteiger partial charge in [-0.15, -0.1) is 0 Å². The van der Waals surface area contributed by atoms with Crippen LogP contribution in [0.3, 0.4) is 0 Å². The number of carbonyl (C=O) groups is 2. The molecule has 4 rings (SSSR count). The molecule has 0 saturated heterocycles. The molecule has 0 fully saturated rings. The number of para-hydroxylation sites is 2. The maximum Gasteiger partial charge on any atom is 0.258 e. The molecule has 210 valence electrons. The monoisotopic (exact) mass is 542 g/mol. The Morgan fingerprint density at radius 3 is 2.30 bits per heavy atom. The molecule has 0 aliphatic carbocycles. The molecular formula is C32H38N4O4. The van der Waals surface area contributed by atoms with E-state index in [2.05, 4.69) is 11.1 Å². The van der Waals surface area contributed by atoms with Crippen molar-refractivity contribution in [3.05, 3.63) is 95.7 Å². The number of ether oxygens (including phenoxy) is 2. The Bertz CT molecular complexity index is 1410. The lowest BCUT2D eigenvalue weighted by Crippen LogP contribution is -2.44. The third-order valence-corrected chi connectivity index (χ3v) is 7.02. The topological polar surface area (TPSA) is 78.1 Å². The Hall–Kier alpha value is -4.30. The highest BCUT2D eigenvalue weighted by atomic mass is 16.5. The van der Waals surface area contributed by atoms with Crippen molar-refractivity contribution in [2.45, 2.75) is 13.0 Å². The van der Waals surface area contributed by atoms with E-state index < -0.39 is 0 Å². The number of nitrogens with zero attached hydrogens (tertiary/aromatic N) is 3. The van der Waals surface area contributed by atoms with Crippen molar-refractivity contribution in [1.82, 2.24) is 14.8 Å². The second-order valence-corrected chi connectivity index (χ2v) is 9.91. The first-order valence-electron chi connectivity index (χ1n) is 13.4. The van der Waals surface area contributed by atoms with Crippen molar-refractivity contribution < 1.29 is 19.1 Å². The lowest BCUT2D eigenvalue weighted by Gasteiger charge is -2.28. The quantitative estimate of drug-likeness (QED) is 0.267. The summed E-state index contributed by atoms with van der Waals surface area (Å²) in [6, 6.07) is 23.4. The summed E-state index contributed by atoms with van der Waals surface area (Å²) >= 11 is 0. The first-order valence-corrected chi connectivity index (χ1v) is 13.4. The summed E-state index contributed by atoms with van der Waals surface area (Å²) in [6.07, 6.45) is 2.69. The highest BCUT2D eigenvalue weighted by molar-refractivity contribution is 5.98. The van der Waals surface area contributed by atoms with E-state index in [0.29, 0.717) is 37.4 Å². The van der Waals surface area contributed by atoms with Crippen LogP contribution in [0.5, 0.6) is 5.75 Å². The summed E-state index contributed by atoms with van der Waals surface area (Å²) in [7, 11) is 7.11. The van der Waals surface area contributed by atoms with Gasteiger partial charge in [0.1, 0.15) is 12.3 Å². The molecule has 8 nitrogen and oxygen atoms in total. The fraction of sp³-hybridized carbons (Fsp3) is 0.312. The number of amides is 2. The summed E-state index contributed by atoms with van der Waals surface area (Å²) in [5.41, 5.74) is 4.75. The van der Waals surface area contributed by atoms with E-state index in [-0.39, 0.29) is 24.9 Å². The third kappa shape index (κ3) is 7.01. The van der Waals surface area contributed by atoms with Gasteiger partial charge in [-0.05, 0) is 47.9 Å². The van der Waals surface area contributed by atoms with Gasteiger partial charge in [-0.25, -0.2) is 0 Å². The molecule has 3 aromatic carbocycles. The molecule has 0 spiro atoms. The second kappa shape index (κ2) is 13.7. The standard InChI is InChI=1S/C32H38N4O4/c1-34(2)26-15-13-24(14-16-26)22-35(18-17-25-21-33-29-11-7-5-9-27(25)29)31(37)23-36(19-20-39-3)32(38)28-10-6-8-12-30(28)40-4/h5-16,21,33H,17-20,22-23H2,1-4H3. The van der Waals surface area contributed by atoms with E-state index in [1.165, 1.54) is 12.0 Å². The van der Waals surface area contributed by atoms with E-state index >= 15 is 0 Å². The minimum absolute atomic E-state index is 0.0656. The molecule has 0 bridgehead atoms. The molecule has 0 unspecified atom stereocenters. The number of carbonyl (C=O) groups excluding carboxylic acids is 2. The summed E-state index contributed by atoms with van der Waals surface area (Å²) in [4.78, 5) is 36.1. The average Bonchev–Trinajstić information content (AvgIpc) is 3.40. The number of H-pyrrole nitrogens is 1. The number of nitrogens with one attached hydrogen (secondary N) is 1. The highest BCUT2D eigenvalue weighted by Gasteiger charge is 2.24. The summed E-state index contributed by atoms with van der Waals surface area (Å²) in [5.74, 6) is 0.0742. The van der Waals surface area contributed by atoms with E-state index in [4.69, 9.17) is 9.47 Å². The van der Waals surface area contributed by atoms with Gasteiger partial charge >= 0.3 is 0 Å². The molecule has 1 heterocycles. The molecular weight excluding hydrogens is 504 g/mol. The summed E-state index contributed by atoms with van der Waals surface area (Å²) in [6.45, 7) is 1.49. The molecule has 0 aliphatic rings. The normalized spacial score (nSPS) is 10.9. The predicted molar refractivity (Wildman–Crippen MR) is 159 cm³/mol. The zero-order valence-electron chi connectivity index (χ0n) is 23.7. The molecule has 1 N–H and O–H groups in total. The second-order valence-electron chi connectivity index (χ2n) is 9.91. The van der Waals surface area contributed by atoms with Gasteiger partial charge < -0.3 is 29.2 Å². The van der Waals surface area contributed by atoms with Gasteiger partial charge in [-0.3, -0.25) is 9.59 Å². The van der Waals surface area contributed by atoms with E-state index in [1.54, 1.807) is 25.3 Å². The number of aromatic amines is 1. The van der Waals surface area contributed by atoms with Crippen molar-refractivity contribution in [1.29, 1.82) is 0 Å². The minimum atomic E-state index is -0.269. The van der Waals surface area contributed by atoms with Gasteiger partial charge in [0.05, 0.1) is 19.3 Å².